The van der Waals surface area contributed by atoms with Gasteiger partial charge in [0, 0.05) is 60.6 Å². The van der Waals surface area contributed by atoms with Gasteiger partial charge in [-0.15, -0.1) is 0 Å². The molecule has 0 aliphatic heterocycles. The van der Waals surface area contributed by atoms with Crippen LogP contribution in [-0.2, 0) is 5.41 Å². The average Bonchev–Trinajstić information content (AvgIpc) is 3.94. The van der Waals surface area contributed by atoms with Crippen LogP contribution in [0.3, 0.4) is 0 Å². The Labute approximate surface area is 381 Å². The smallest absolute Gasteiger partial charge is 0.150 e. The van der Waals surface area contributed by atoms with Gasteiger partial charge in [0.05, 0.1) is 22.1 Å². The molecular weight excluding hydrogens is 791 g/mol. The Morgan fingerprint density at radius 2 is 1.22 bits per heavy atom. The molecule has 0 N–H and O–H groups in total. The lowest BCUT2D eigenvalue weighted by atomic mass is 9.74. The van der Waals surface area contributed by atoms with Crippen molar-refractivity contribution in [1.29, 1.82) is 0 Å². The topological polar surface area (TPSA) is 31.9 Å². The molecule has 10 aromatic rings. The van der Waals surface area contributed by atoms with Crippen molar-refractivity contribution < 1.29 is 4.79 Å². The zero-order valence-electron chi connectivity index (χ0n) is 38.1. The molecule has 3 aromatic heterocycles. The minimum Gasteiger partial charge on any atom is -0.310 e. The van der Waals surface area contributed by atoms with Gasteiger partial charge in [-0.25, -0.2) is 0 Å². The van der Waals surface area contributed by atoms with Crippen LogP contribution in [-0.4, -0.2) is 20.0 Å². The highest BCUT2D eigenvalue weighted by Gasteiger charge is 2.28. The highest BCUT2D eigenvalue weighted by atomic mass is 16.1. The highest BCUT2D eigenvalue weighted by molar-refractivity contribution is 6.13. The van der Waals surface area contributed by atoms with Gasteiger partial charge in [0.25, 0.3) is 0 Å². The van der Waals surface area contributed by atoms with E-state index in [1.807, 2.05) is 18.2 Å². The molecule has 7 aromatic carbocycles. The predicted octanol–water partition coefficient (Wildman–Crippen LogP) is 14.3. The summed E-state index contributed by atoms with van der Waals surface area (Å²) in [6.45, 7) is 17.1. The van der Waals surface area contributed by atoms with Crippen LogP contribution in [0.15, 0.2) is 170 Å². The first-order valence-electron chi connectivity index (χ1n) is 22.7. The van der Waals surface area contributed by atoms with Crippen LogP contribution in [0.5, 0.6) is 0 Å². The fourth-order valence-electron chi connectivity index (χ4n) is 10.5. The number of benzene rings is 7. The lowest BCUT2D eigenvalue weighted by Crippen LogP contribution is -2.29. The van der Waals surface area contributed by atoms with Gasteiger partial charge < -0.3 is 13.7 Å². The predicted molar refractivity (Wildman–Crippen MR) is 277 cm³/mol. The summed E-state index contributed by atoms with van der Waals surface area (Å²) in [6.07, 6.45) is 12.5. The van der Waals surface area contributed by atoms with Crippen molar-refractivity contribution in [2.75, 3.05) is 0 Å². The second-order valence-corrected chi connectivity index (χ2v) is 17.7. The maximum absolute atomic E-state index is 12.8. The number of allylic oxidation sites excluding steroid dienone is 2. The fraction of sp³-hybridized carbons (Fsp3) is 0.131. The summed E-state index contributed by atoms with van der Waals surface area (Å²) < 4.78 is 7.16. The Bertz CT molecular complexity index is 3680. The van der Waals surface area contributed by atoms with Gasteiger partial charge in [0.2, 0.25) is 0 Å². The fourth-order valence-corrected chi connectivity index (χ4v) is 10.5. The SMILES string of the molecule is C=C/C=C\c1c(C)c(=C/C)/c(=C\CC)n1-c1ccc2c(c1)c1ccc(-c3ccc4c(c3)c3ccccc3n4-c3ccccc3)cc1n2-c1ccc(C=O)c(C(C)(C)c2ccccc2C)c1. The Kier molecular flexibility index (Phi) is 10.5. The molecule has 0 aliphatic carbocycles. The molecule has 0 saturated heterocycles. The average molecular weight is 844 g/mol. The molecule has 10 rings (SSSR count). The normalized spacial score (nSPS) is 12.8. The Morgan fingerprint density at radius 3 is 1.97 bits per heavy atom. The van der Waals surface area contributed by atoms with Crippen molar-refractivity contribution in [3.05, 3.63) is 214 Å². The van der Waals surface area contributed by atoms with Gasteiger partial charge in [-0.2, -0.15) is 0 Å². The summed E-state index contributed by atoms with van der Waals surface area (Å²) in [7, 11) is 0. The number of rotatable bonds is 10. The molecule has 0 fully saturated rings. The maximum atomic E-state index is 12.8. The number of hydrogen-bond acceptors (Lipinski definition) is 1. The lowest BCUT2D eigenvalue weighted by molar-refractivity contribution is 0.112. The Morgan fingerprint density at radius 1 is 0.585 bits per heavy atom. The van der Waals surface area contributed by atoms with Crippen molar-refractivity contribution in [1.82, 2.24) is 13.7 Å². The van der Waals surface area contributed by atoms with Crippen molar-refractivity contribution in [3.8, 4) is 28.2 Å². The molecule has 0 bridgehead atoms. The number of para-hydroxylation sites is 2. The molecular formula is C61H53N3O. The largest absolute Gasteiger partial charge is 0.310 e. The quantitative estimate of drug-likeness (QED) is 0.0997. The molecule has 0 atom stereocenters. The molecule has 0 aliphatic rings. The van der Waals surface area contributed by atoms with Gasteiger partial charge in [0.15, 0.2) is 0 Å². The number of nitrogens with zero attached hydrogens (tertiary/aromatic N) is 3. The van der Waals surface area contributed by atoms with Crippen molar-refractivity contribution >= 4 is 68.1 Å². The molecule has 0 saturated carbocycles. The molecule has 0 unspecified atom stereocenters. The number of aromatic nitrogens is 3. The molecule has 318 valence electrons. The van der Waals surface area contributed by atoms with Crippen LogP contribution in [0.25, 0.3) is 90.0 Å². The first-order valence-corrected chi connectivity index (χ1v) is 22.7. The molecule has 65 heavy (non-hydrogen) atoms. The number of aldehydes is 1. The first-order chi connectivity index (χ1) is 31.7. The Hall–Kier alpha value is -7.69. The van der Waals surface area contributed by atoms with E-state index in [0.29, 0.717) is 5.56 Å². The zero-order chi connectivity index (χ0) is 45.0. The van der Waals surface area contributed by atoms with Crippen molar-refractivity contribution in [3.63, 3.8) is 0 Å². The summed E-state index contributed by atoms with van der Waals surface area (Å²) in [5, 5.41) is 7.18. The van der Waals surface area contributed by atoms with Gasteiger partial charge in [-0.05, 0) is 145 Å². The van der Waals surface area contributed by atoms with Gasteiger partial charge in [-0.1, -0.05) is 131 Å². The van der Waals surface area contributed by atoms with E-state index in [0.717, 1.165) is 74.0 Å². The molecule has 3 heterocycles. The standard InChI is InChI=1S/C61H53N3O/c1-8-11-25-55-41(5)48(10-3)56(19-9-2)63(55)46-31-34-59-52(37-46)50-32-28-43(42-29-33-58-51(35-42)49-23-16-18-26-57(49)62(58)45-21-13-12-14-22-45)36-60(50)64(59)47-30-27-44(39-65)54(38-47)61(6,7)53-24-17-15-20-40(53)4/h8,10-39H,1,9H2,2-7H3/b25-11-,48-10-,56-19+. The van der Waals surface area contributed by atoms with Crippen LogP contribution in [0, 0.1) is 13.8 Å². The molecule has 0 amide bonds. The number of fused-ring (bicyclic) bond motifs is 6. The van der Waals surface area contributed by atoms with E-state index in [1.165, 1.54) is 49.1 Å². The van der Waals surface area contributed by atoms with Crippen LogP contribution in [0.2, 0.25) is 0 Å². The minimum atomic E-state index is -0.440. The van der Waals surface area contributed by atoms with E-state index in [4.69, 9.17) is 0 Å². The summed E-state index contributed by atoms with van der Waals surface area (Å²) in [6, 6.07) is 54.9. The molecule has 0 radical (unpaired) electrons. The number of carbonyl (C=O) groups is 1. The maximum Gasteiger partial charge on any atom is 0.150 e. The molecule has 0 spiro atoms. The summed E-state index contributed by atoms with van der Waals surface area (Å²) in [4.78, 5) is 12.8. The summed E-state index contributed by atoms with van der Waals surface area (Å²) in [5.74, 6) is 0. The third-order valence-corrected chi connectivity index (χ3v) is 13.6. The number of carbonyl (C=O) groups excluding carboxylic acids is 1. The van der Waals surface area contributed by atoms with Crippen molar-refractivity contribution in [2.45, 2.75) is 53.4 Å². The molecule has 4 heteroatoms. The third kappa shape index (κ3) is 6.71. The van der Waals surface area contributed by atoms with Crippen LogP contribution in [0.4, 0.5) is 0 Å². The van der Waals surface area contributed by atoms with E-state index >= 15 is 0 Å². The van der Waals surface area contributed by atoms with Crippen LogP contribution < -0.4 is 10.6 Å². The second kappa shape index (κ2) is 16.5. The first kappa shape index (κ1) is 41.3. The summed E-state index contributed by atoms with van der Waals surface area (Å²) in [5.41, 5.74) is 16.1. The van der Waals surface area contributed by atoms with Gasteiger partial charge >= 0.3 is 0 Å². The lowest BCUT2D eigenvalue weighted by Gasteiger charge is -2.30. The van der Waals surface area contributed by atoms with E-state index in [1.54, 1.807) is 0 Å². The summed E-state index contributed by atoms with van der Waals surface area (Å²) >= 11 is 0. The zero-order valence-corrected chi connectivity index (χ0v) is 38.1. The third-order valence-electron chi connectivity index (χ3n) is 13.6. The van der Waals surface area contributed by atoms with Crippen LogP contribution >= 0.6 is 0 Å². The van der Waals surface area contributed by atoms with E-state index in [-0.39, 0.29) is 0 Å². The Balaban J connectivity index is 1.24. The van der Waals surface area contributed by atoms with Gasteiger partial charge in [-0.3, -0.25) is 4.79 Å². The van der Waals surface area contributed by atoms with E-state index in [2.05, 4.69) is 226 Å². The van der Waals surface area contributed by atoms with Crippen molar-refractivity contribution in [2.24, 2.45) is 0 Å². The van der Waals surface area contributed by atoms with Crippen LogP contribution in [0.1, 0.15) is 72.4 Å². The van der Waals surface area contributed by atoms with E-state index in [9.17, 15) is 4.79 Å². The van der Waals surface area contributed by atoms with Gasteiger partial charge in [0.1, 0.15) is 6.29 Å². The highest BCUT2D eigenvalue weighted by Crippen LogP contribution is 2.41. The monoisotopic (exact) mass is 843 g/mol. The number of aryl methyl sites for hydroxylation is 1. The van der Waals surface area contributed by atoms with E-state index < -0.39 is 5.41 Å². The second-order valence-electron chi connectivity index (χ2n) is 17.7. The molecule has 4 nitrogen and oxygen atoms in total. The minimum absolute atomic E-state index is 0.440. The number of hydrogen-bond donors (Lipinski definition) is 0.